The van der Waals surface area contributed by atoms with E-state index in [4.69, 9.17) is 5.73 Å². The number of carbonyl (C=O) groups is 1. The van der Waals surface area contributed by atoms with Gasteiger partial charge < -0.3 is 11.1 Å². The fourth-order valence-electron chi connectivity index (χ4n) is 1.46. The highest BCUT2D eigenvalue weighted by Crippen LogP contribution is 2.21. The third-order valence-corrected chi connectivity index (χ3v) is 3.24. The van der Waals surface area contributed by atoms with Gasteiger partial charge in [-0.15, -0.1) is 0 Å². The predicted molar refractivity (Wildman–Crippen MR) is 75.5 cm³/mol. The summed E-state index contributed by atoms with van der Waals surface area (Å²) >= 11 is 3.30. The number of hydrogen-bond acceptors (Lipinski definition) is 3. The maximum absolute atomic E-state index is 12.0. The molecule has 0 aliphatic rings. The first kappa shape index (κ1) is 12.6. The number of nitrogens with one attached hydrogen (secondary N) is 1. The summed E-state index contributed by atoms with van der Waals surface area (Å²) in [6.45, 7) is 1.91. The van der Waals surface area contributed by atoms with Gasteiger partial charge in [-0.3, -0.25) is 9.78 Å². The summed E-state index contributed by atoms with van der Waals surface area (Å²) in [5, 5.41) is 2.81. The van der Waals surface area contributed by atoms with Gasteiger partial charge in [-0.2, -0.15) is 0 Å². The standard InChI is InChI=1S/C13H12BrN3O/c1-8-4-5-16-7-12(8)17-13(18)9-2-3-11(15)10(14)6-9/h2-7H,15H2,1H3,(H,17,18). The van der Waals surface area contributed by atoms with E-state index in [0.29, 0.717) is 21.4 Å². The van der Waals surface area contributed by atoms with Crippen molar-refractivity contribution < 1.29 is 4.79 Å². The quantitative estimate of drug-likeness (QED) is 0.838. The zero-order valence-corrected chi connectivity index (χ0v) is 11.4. The molecule has 1 heterocycles. The highest BCUT2D eigenvalue weighted by Gasteiger charge is 2.09. The normalized spacial score (nSPS) is 10.1. The molecule has 0 saturated carbocycles. The fourth-order valence-corrected chi connectivity index (χ4v) is 1.84. The van der Waals surface area contributed by atoms with Crippen molar-refractivity contribution in [3.05, 3.63) is 52.3 Å². The molecule has 3 N–H and O–H groups in total. The van der Waals surface area contributed by atoms with Gasteiger partial charge in [-0.1, -0.05) is 0 Å². The summed E-state index contributed by atoms with van der Waals surface area (Å²) in [5.41, 5.74) is 8.49. The molecule has 0 aliphatic carbocycles. The molecule has 0 unspecified atom stereocenters. The number of rotatable bonds is 2. The van der Waals surface area contributed by atoms with Gasteiger partial charge in [0, 0.05) is 21.9 Å². The van der Waals surface area contributed by atoms with E-state index in [1.165, 1.54) is 0 Å². The van der Waals surface area contributed by atoms with Gasteiger partial charge in [0.25, 0.3) is 5.91 Å². The van der Waals surface area contributed by atoms with Crippen molar-refractivity contribution in [1.82, 2.24) is 4.98 Å². The van der Waals surface area contributed by atoms with Crippen LogP contribution in [0.4, 0.5) is 11.4 Å². The number of carbonyl (C=O) groups excluding carboxylic acids is 1. The minimum atomic E-state index is -0.188. The minimum absolute atomic E-state index is 0.188. The van der Waals surface area contributed by atoms with E-state index in [1.54, 1.807) is 30.6 Å². The first-order chi connectivity index (χ1) is 8.58. The Hall–Kier alpha value is -1.88. The maximum atomic E-state index is 12.0. The Morgan fingerprint density at radius 1 is 1.39 bits per heavy atom. The molecule has 0 spiro atoms. The molecular formula is C13H12BrN3O. The number of benzene rings is 1. The van der Waals surface area contributed by atoms with Crippen molar-refractivity contribution >= 4 is 33.2 Å². The zero-order chi connectivity index (χ0) is 13.1. The summed E-state index contributed by atoms with van der Waals surface area (Å²) in [7, 11) is 0. The Balaban J connectivity index is 2.22. The molecule has 5 heteroatoms. The van der Waals surface area contributed by atoms with Gasteiger partial charge >= 0.3 is 0 Å². The van der Waals surface area contributed by atoms with E-state index < -0.39 is 0 Å². The fraction of sp³-hybridized carbons (Fsp3) is 0.0769. The number of halogens is 1. The molecule has 0 bridgehead atoms. The Bertz CT molecular complexity index is 599. The van der Waals surface area contributed by atoms with Crippen LogP contribution in [0.1, 0.15) is 15.9 Å². The van der Waals surface area contributed by atoms with Crippen LogP contribution in [-0.2, 0) is 0 Å². The lowest BCUT2D eigenvalue weighted by atomic mass is 10.2. The van der Waals surface area contributed by atoms with E-state index in [1.807, 2.05) is 13.0 Å². The van der Waals surface area contributed by atoms with Gasteiger partial charge in [-0.25, -0.2) is 0 Å². The van der Waals surface area contributed by atoms with Crippen molar-refractivity contribution in [2.45, 2.75) is 6.92 Å². The summed E-state index contributed by atoms with van der Waals surface area (Å²) in [6.07, 6.45) is 3.31. The monoisotopic (exact) mass is 305 g/mol. The Morgan fingerprint density at radius 3 is 2.83 bits per heavy atom. The first-order valence-corrected chi connectivity index (χ1v) is 6.14. The van der Waals surface area contributed by atoms with Crippen LogP contribution in [0.15, 0.2) is 41.1 Å². The van der Waals surface area contributed by atoms with Crippen LogP contribution in [0.25, 0.3) is 0 Å². The molecule has 92 valence electrons. The van der Waals surface area contributed by atoms with Crippen LogP contribution >= 0.6 is 15.9 Å². The molecule has 4 nitrogen and oxygen atoms in total. The lowest BCUT2D eigenvalue weighted by Gasteiger charge is -2.08. The number of aromatic nitrogens is 1. The molecule has 0 atom stereocenters. The molecule has 0 radical (unpaired) electrons. The average molecular weight is 306 g/mol. The molecule has 2 rings (SSSR count). The summed E-state index contributed by atoms with van der Waals surface area (Å²) in [5.74, 6) is -0.188. The lowest BCUT2D eigenvalue weighted by Crippen LogP contribution is -2.13. The number of aryl methyl sites for hydroxylation is 1. The topological polar surface area (TPSA) is 68.0 Å². The smallest absolute Gasteiger partial charge is 0.255 e. The summed E-state index contributed by atoms with van der Waals surface area (Å²) < 4.78 is 0.707. The van der Waals surface area contributed by atoms with E-state index in [2.05, 4.69) is 26.2 Å². The van der Waals surface area contributed by atoms with Crippen LogP contribution < -0.4 is 11.1 Å². The molecule has 1 amide bonds. The summed E-state index contributed by atoms with van der Waals surface area (Å²) in [6, 6.07) is 6.90. The van der Waals surface area contributed by atoms with Gasteiger partial charge in [-0.05, 0) is 52.7 Å². The summed E-state index contributed by atoms with van der Waals surface area (Å²) in [4.78, 5) is 16.0. The van der Waals surface area contributed by atoms with Crippen molar-refractivity contribution in [2.24, 2.45) is 0 Å². The van der Waals surface area contributed by atoms with Crippen molar-refractivity contribution in [3.8, 4) is 0 Å². The molecule has 2 aromatic rings. The number of nitrogen functional groups attached to an aromatic ring is 1. The van der Waals surface area contributed by atoms with Gasteiger partial charge in [0.05, 0.1) is 11.9 Å². The molecule has 0 saturated heterocycles. The number of anilines is 2. The number of pyridine rings is 1. The van der Waals surface area contributed by atoms with E-state index >= 15 is 0 Å². The second-order valence-corrected chi connectivity index (χ2v) is 4.74. The van der Waals surface area contributed by atoms with Crippen LogP contribution in [-0.4, -0.2) is 10.9 Å². The molecule has 1 aromatic carbocycles. The zero-order valence-electron chi connectivity index (χ0n) is 9.77. The first-order valence-electron chi connectivity index (χ1n) is 5.35. The van der Waals surface area contributed by atoms with Crippen molar-refractivity contribution in [2.75, 3.05) is 11.1 Å². The largest absolute Gasteiger partial charge is 0.398 e. The highest BCUT2D eigenvalue weighted by molar-refractivity contribution is 9.10. The number of hydrogen-bond donors (Lipinski definition) is 2. The molecule has 1 aromatic heterocycles. The second kappa shape index (κ2) is 5.18. The van der Waals surface area contributed by atoms with E-state index in [0.717, 1.165) is 5.56 Å². The van der Waals surface area contributed by atoms with Crippen LogP contribution in [0.2, 0.25) is 0 Å². The predicted octanol–water partition coefficient (Wildman–Crippen LogP) is 2.99. The molecule has 0 fully saturated rings. The molecule has 18 heavy (non-hydrogen) atoms. The van der Waals surface area contributed by atoms with Crippen LogP contribution in [0.3, 0.4) is 0 Å². The number of amides is 1. The Labute approximate surface area is 113 Å². The third kappa shape index (κ3) is 2.68. The molecular weight excluding hydrogens is 294 g/mol. The Morgan fingerprint density at radius 2 is 2.17 bits per heavy atom. The SMILES string of the molecule is Cc1ccncc1NC(=O)c1ccc(N)c(Br)c1. The van der Waals surface area contributed by atoms with Crippen LogP contribution in [0.5, 0.6) is 0 Å². The number of nitrogens with zero attached hydrogens (tertiary/aromatic N) is 1. The van der Waals surface area contributed by atoms with Crippen LogP contribution in [0, 0.1) is 6.92 Å². The minimum Gasteiger partial charge on any atom is -0.398 e. The third-order valence-electron chi connectivity index (χ3n) is 2.55. The van der Waals surface area contributed by atoms with Gasteiger partial charge in [0.2, 0.25) is 0 Å². The van der Waals surface area contributed by atoms with Crippen molar-refractivity contribution in [3.63, 3.8) is 0 Å². The number of nitrogens with two attached hydrogens (primary N) is 1. The van der Waals surface area contributed by atoms with Crippen molar-refractivity contribution in [1.29, 1.82) is 0 Å². The van der Waals surface area contributed by atoms with Gasteiger partial charge in [0.15, 0.2) is 0 Å². The van der Waals surface area contributed by atoms with Gasteiger partial charge in [0.1, 0.15) is 0 Å². The highest BCUT2D eigenvalue weighted by atomic mass is 79.9. The average Bonchev–Trinajstić information content (AvgIpc) is 2.35. The van der Waals surface area contributed by atoms with E-state index in [9.17, 15) is 4.79 Å². The molecule has 0 aliphatic heterocycles. The maximum Gasteiger partial charge on any atom is 0.255 e. The van der Waals surface area contributed by atoms with E-state index in [-0.39, 0.29) is 5.91 Å². The lowest BCUT2D eigenvalue weighted by molar-refractivity contribution is 0.102. The Kier molecular flexibility index (Phi) is 3.62. The second-order valence-electron chi connectivity index (χ2n) is 3.88.